The second kappa shape index (κ2) is 5.92. The molecule has 1 saturated carbocycles. The molecule has 2 fully saturated rings. The highest BCUT2D eigenvalue weighted by Crippen LogP contribution is 2.27. The molecule has 1 atom stereocenters. The maximum absolute atomic E-state index is 6.45. The van der Waals surface area contributed by atoms with Crippen LogP contribution in [0.3, 0.4) is 0 Å². The Morgan fingerprint density at radius 3 is 2.75 bits per heavy atom. The molecule has 0 radical (unpaired) electrons. The molecule has 1 aliphatic carbocycles. The van der Waals surface area contributed by atoms with Crippen LogP contribution in [0, 0.1) is 0 Å². The van der Waals surface area contributed by atoms with Gasteiger partial charge in [-0.2, -0.15) is 0 Å². The SMILES string of the molecule is CC1CN(C)CCN1c1ccc(CNC2CC2)c(Cl)c1. The molecule has 1 heterocycles. The molecule has 3 nitrogen and oxygen atoms in total. The van der Waals surface area contributed by atoms with Gasteiger partial charge in [0.2, 0.25) is 0 Å². The summed E-state index contributed by atoms with van der Waals surface area (Å²) in [6.07, 6.45) is 2.63. The Kier molecular flexibility index (Phi) is 4.20. The van der Waals surface area contributed by atoms with E-state index in [0.29, 0.717) is 6.04 Å². The van der Waals surface area contributed by atoms with Crippen molar-refractivity contribution < 1.29 is 0 Å². The van der Waals surface area contributed by atoms with Gasteiger partial charge in [0.15, 0.2) is 0 Å². The van der Waals surface area contributed by atoms with E-state index in [1.807, 2.05) is 0 Å². The van der Waals surface area contributed by atoms with Crippen molar-refractivity contribution >= 4 is 17.3 Å². The number of hydrogen-bond donors (Lipinski definition) is 1. The summed E-state index contributed by atoms with van der Waals surface area (Å²) < 4.78 is 0. The maximum Gasteiger partial charge on any atom is 0.0471 e. The van der Waals surface area contributed by atoms with Crippen molar-refractivity contribution in [3.05, 3.63) is 28.8 Å². The minimum atomic E-state index is 0.542. The summed E-state index contributed by atoms with van der Waals surface area (Å²) >= 11 is 6.45. The smallest absolute Gasteiger partial charge is 0.0471 e. The Labute approximate surface area is 126 Å². The van der Waals surface area contributed by atoms with Gasteiger partial charge in [0.1, 0.15) is 0 Å². The molecular formula is C16H24ClN3. The number of hydrogen-bond acceptors (Lipinski definition) is 3. The highest BCUT2D eigenvalue weighted by molar-refractivity contribution is 6.31. The first-order valence-corrected chi connectivity index (χ1v) is 7.98. The lowest BCUT2D eigenvalue weighted by atomic mass is 10.1. The molecule has 1 aromatic carbocycles. The summed E-state index contributed by atoms with van der Waals surface area (Å²) in [5, 5.41) is 4.41. The molecule has 3 rings (SSSR count). The van der Waals surface area contributed by atoms with Gasteiger partial charge < -0.3 is 15.1 Å². The van der Waals surface area contributed by atoms with E-state index in [9.17, 15) is 0 Å². The van der Waals surface area contributed by atoms with Gasteiger partial charge in [0.05, 0.1) is 0 Å². The molecule has 1 aliphatic heterocycles. The van der Waals surface area contributed by atoms with Gasteiger partial charge in [-0.3, -0.25) is 0 Å². The van der Waals surface area contributed by atoms with Gasteiger partial charge in [-0.05, 0) is 44.5 Å². The van der Waals surface area contributed by atoms with Crippen LogP contribution in [0.25, 0.3) is 0 Å². The highest BCUT2D eigenvalue weighted by Gasteiger charge is 2.23. The average Bonchev–Trinajstić information content (AvgIpc) is 3.21. The predicted molar refractivity (Wildman–Crippen MR) is 85.6 cm³/mol. The van der Waals surface area contributed by atoms with E-state index in [0.717, 1.165) is 37.2 Å². The third kappa shape index (κ3) is 3.27. The summed E-state index contributed by atoms with van der Waals surface area (Å²) in [5.74, 6) is 0. The molecule has 110 valence electrons. The quantitative estimate of drug-likeness (QED) is 0.921. The van der Waals surface area contributed by atoms with Crippen LogP contribution in [0.5, 0.6) is 0 Å². The number of rotatable bonds is 4. The highest BCUT2D eigenvalue weighted by atomic mass is 35.5. The molecule has 4 heteroatoms. The number of nitrogens with one attached hydrogen (secondary N) is 1. The normalized spacial score (nSPS) is 24.1. The molecular weight excluding hydrogens is 270 g/mol. The Morgan fingerprint density at radius 2 is 2.10 bits per heavy atom. The van der Waals surface area contributed by atoms with Crippen LogP contribution in [0.2, 0.25) is 5.02 Å². The van der Waals surface area contributed by atoms with Crippen molar-refractivity contribution in [3.63, 3.8) is 0 Å². The molecule has 2 aliphatic rings. The fourth-order valence-corrected chi connectivity index (χ4v) is 3.16. The van der Waals surface area contributed by atoms with Crippen molar-refractivity contribution in [2.45, 2.75) is 38.4 Å². The van der Waals surface area contributed by atoms with Crippen molar-refractivity contribution in [2.24, 2.45) is 0 Å². The predicted octanol–water partition coefficient (Wildman–Crippen LogP) is 2.73. The van der Waals surface area contributed by atoms with Gasteiger partial charge in [-0.1, -0.05) is 17.7 Å². The number of benzene rings is 1. The summed E-state index contributed by atoms with van der Waals surface area (Å²) in [5.41, 5.74) is 2.47. The molecule has 20 heavy (non-hydrogen) atoms. The van der Waals surface area contributed by atoms with E-state index < -0.39 is 0 Å². The molecule has 1 N–H and O–H groups in total. The van der Waals surface area contributed by atoms with Crippen molar-refractivity contribution in [1.29, 1.82) is 0 Å². The first-order chi connectivity index (χ1) is 9.63. The third-order valence-corrected chi connectivity index (χ3v) is 4.71. The van der Waals surface area contributed by atoms with Crippen molar-refractivity contribution in [3.8, 4) is 0 Å². The van der Waals surface area contributed by atoms with Crippen LogP contribution in [0.15, 0.2) is 18.2 Å². The summed E-state index contributed by atoms with van der Waals surface area (Å²) in [4.78, 5) is 4.85. The van der Waals surface area contributed by atoms with Crippen LogP contribution in [-0.2, 0) is 6.54 Å². The number of halogens is 1. The van der Waals surface area contributed by atoms with Crippen LogP contribution in [0.1, 0.15) is 25.3 Å². The van der Waals surface area contributed by atoms with Gasteiger partial charge in [0, 0.05) is 49.0 Å². The zero-order valence-electron chi connectivity index (χ0n) is 12.4. The standard InChI is InChI=1S/C16H24ClN3/c1-12-11-19(2)7-8-20(12)15-6-3-13(16(17)9-15)10-18-14-4-5-14/h3,6,9,12,14,18H,4-5,7-8,10-11H2,1-2H3. The second-order valence-electron chi connectivity index (χ2n) is 6.24. The molecule has 0 spiro atoms. The topological polar surface area (TPSA) is 18.5 Å². The monoisotopic (exact) mass is 293 g/mol. The fraction of sp³-hybridized carbons (Fsp3) is 0.625. The number of anilines is 1. The van der Waals surface area contributed by atoms with Crippen molar-refractivity contribution in [2.75, 3.05) is 31.6 Å². The van der Waals surface area contributed by atoms with E-state index in [1.165, 1.54) is 24.1 Å². The zero-order valence-corrected chi connectivity index (χ0v) is 13.2. The van der Waals surface area contributed by atoms with Crippen molar-refractivity contribution in [1.82, 2.24) is 10.2 Å². The molecule has 1 aromatic rings. The minimum absolute atomic E-state index is 0.542. The second-order valence-corrected chi connectivity index (χ2v) is 6.64. The lowest BCUT2D eigenvalue weighted by Crippen LogP contribution is -2.50. The lowest BCUT2D eigenvalue weighted by molar-refractivity contribution is 0.275. The first-order valence-electron chi connectivity index (χ1n) is 7.60. The van der Waals surface area contributed by atoms with Gasteiger partial charge in [-0.25, -0.2) is 0 Å². The van der Waals surface area contributed by atoms with Gasteiger partial charge >= 0.3 is 0 Å². The van der Waals surface area contributed by atoms with Crippen LogP contribution < -0.4 is 10.2 Å². The molecule has 1 unspecified atom stereocenters. The first kappa shape index (κ1) is 14.2. The molecule has 0 aromatic heterocycles. The maximum atomic E-state index is 6.45. The number of nitrogens with zero attached hydrogens (tertiary/aromatic N) is 2. The Hall–Kier alpha value is -0.770. The average molecular weight is 294 g/mol. The molecule has 0 bridgehead atoms. The number of likely N-dealkylation sites (N-methyl/N-ethyl adjacent to an activating group) is 1. The van der Waals surface area contributed by atoms with Crippen LogP contribution in [-0.4, -0.2) is 43.7 Å². The van der Waals surface area contributed by atoms with Crippen LogP contribution in [0.4, 0.5) is 5.69 Å². The third-order valence-electron chi connectivity index (χ3n) is 4.36. The van der Waals surface area contributed by atoms with Gasteiger partial charge in [0.25, 0.3) is 0 Å². The Morgan fingerprint density at radius 1 is 1.30 bits per heavy atom. The number of piperazine rings is 1. The minimum Gasteiger partial charge on any atom is -0.366 e. The van der Waals surface area contributed by atoms with Crippen LogP contribution >= 0.6 is 11.6 Å². The largest absolute Gasteiger partial charge is 0.366 e. The van der Waals surface area contributed by atoms with E-state index in [-0.39, 0.29) is 0 Å². The van der Waals surface area contributed by atoms with E-state index in [1.54, 1.807) is 0 Å². The molecule has 0 amide bonds. The van der Waals surface area contributed by atoms with E-state index in [4.69, 9.17) is 11.6 Å². The molecule has 1 saturated heterocycles. The lowest BCUT2D eigenvalue weighted by Gasteiger charge is -2.40. The van der Waals surface area contributed by atoms with Gasteiger partial charge in [-0.15, -0.1) is 0 Å². The summed E-state index contributed by atoms with van der Waals surface area (Å²) in [6, 6.07) is 7.80. The Balaban J connectivity index is 1.68. The summed E-state index contributed by atoms with van der Waals surface area (Å²) in [6.45, 7) is 6.48. The fourth-order valence-electron chi connectivity index (χ4n) is 2.92. The zero-order chi connectivity index (χ0) is 14.1. The summed E-state index contributed by atoms with van der Waals surface area (Å²) in [7, 11) is 2.19. The van der Waals surface area contributed by atoms with E-state index in [2.05, 4.69) is 47.3 Å². The Bertz CT molecular complexity index is 473. The van der Waals surface area contributed by atoms with E-state index >= 15 is 0 Å².